The van der Waals surface area contributed by atoms with Crippen molar-refractivity contribution in [3.8, 4) is 11.5 Å². The second kappa shape index (κ2) is 9.79. The summed E-state index contributed by atoms with van der Waals surface area (Å²) in [5.74, 6) is 1.77. The number of benzene rings is 3. The summed E-state index contributed by atoms with van der Waals surface area (Å²) in [7, 11) is 1.70. The van der Waals surface area contributed by atoms with Gasteiger partial charge in [-0.2, -0.15) is 0 Å². The Labute approximate surface area is 161 Å². The molecular weight excluding hydrogens is 334 g/mol. The van der Waals surface area contributed by atoms with Crippen molar-refractivity contribution < 1.29 is 9.47 Å². The number of nitrogens with two attached hydrogens (primary N) is 1. The van der Waals surface area contributed by atoms with Crippen LogP contribution in [0.25, 0.3) is 0 Å². The SMILES string of the molecule is COc1ccc(CCCN)cc1COc1ccccc1Cc1ccccc1. The number of methoxy groups -OCH3 is 1. The number of hydrogen-bond donors (Lipinski definition) is 1. The van der Waals surface area contributed by atoms with Crippen LogP contribution in [0.4, 0.5) is 0 Å². The standard InChI is InChI=1S/C24H27NO2/c1-26-23-14-13-20(10-7-15-25)17-22(23)18-27-24-12-6-5-11-21(24)16-19-8-3-2-4-9-19/h2-6,8-9,11-14,17H,7,10,15-16,18,25H2,1H3. The molecule has 0 fully saturated rings. The van der Waals surface area contributed by atoms with Gasteiger partial charge in [0.25, 0.3) is 0 Å². The Kier molecular flexibility index (Phi) is 6.89. The Hall–Kier alpha value is -2.78. The summed E-state index contributed by atoms with van der Waals surface area (Å²) in [4.78, 5) is 0. The van der Waals surface area contributed by atoms with Crippen molar-refractivity contribution >= 4 is 0 Å². The van der Waals surface area contributed by atoms with Crippen LogP contribution in [0, 0.1) is 0 Å². The van der Waals surface area contributed by atoms with E-state index >= 15 is 0 Å². The van der Waals surface area contributed by atoms with Gasteiger partial charge in [-0.15, -0.1) is 0 Å². The molecule has 0 amide bonds. The van der Waals surface area contributed by atoms with Crippen LogP contribution in [0.3, 0.4) is 0 Å². The Morgan fingerprint density at radius 3 is 2.33 bits per heavy atom. The average molecular weight is 361 g/mol. The molecule has 3 aromatic rings. The van der Waals surface area contributed by atoms with Crippen LogP contribution in [0.1, 0.15) is 28.7 Å². The van der Waals surface area contributed by atoms with Crippen molar-refractivity contribution in [2.24, 2.45) is 5.73 Å². The monoisotopic (exact) mass is 361 g/mol. The molecule has 3 aromatic carbocycles. The van der Waals surface area contributed by atoms with E-state index in [2.05, 4.69) is 48.5 Å². The van der Waals surface area contributed by atoms with Crippen molar-refractivity contribution in [3.05, 3.63) is 95.1 Å². The largest absolute Gasteiger partial charge is 0.496 e. The molecule has 0 unspecified atom stereocenters. The molecule has 0 saturated carbocycles. The highest BCUT2D eigenvalue weighted by Crippen LogP contribution is 2.26. The molecule has 0 aromatic heterocycles. The molecule has 0 atom stereocenters. The van der Waals surface area contributed by atoms with Crippen LogP contribution >= 0.6 is 0 Å². The minimum atomic E-state index is 0.478. The predicted molar refractivity (Wildman–Crippen MR) is 110 cm³/mol. The van der Waals surface area contributed by atoms with E-state index in [1.807, 2.05) is 24.3 Å². The lowest BCUT2D eigenvalue weighted by molar-refractivity contribution is 0.294. The smallest absolute Gasteiger partial charge is 0.125 e. The van der Waals surface area contributed by atoms with E-state index in [4.69, 9.17) is 15.2 Å². The van der Waals surface area contributed by atoms with Gasteiger partial charge in [0.15, 0.2) is 0 Å². The summed E-state index contributed by atoms with van der Waals surface area (Å²) in [6, 6.07) is 24.9. The highest BCUT2D eigenvalue weighted by Gasteiger charge is 2.09. The van der Waals surface area contributed by atoms with Gasteiger partial charge in [0.05, 0.1) is 7.11 Å². The third kappa shape index (κ3) is 5.35. The third-order valence-electron chi connectivity index (χ3n) is 4.61. The van der Waals surface area contributed by atoms with Gasteiger partial charge >= 0.3 is 0 Å². The fourth-order valence-corrected chi connectivity index (χ4v) is 3.17. The molecule has 3 nitrogen and oxygen atoms in total. The minimum absolute atomic E-state index is 0.478. The maximum atomic E-state index is 6.19. The summed E-state index contributed by atoms with van der Waals surface area (Å²) >= 11 is 0. The summed E-state index contributed by atoms with van der Waals surface area (Å²) in [6.07, 6.45) is 2.80. The van der Waals surface area contributed by atoms with Crippen LogP contribution in [-0.4, -0.2) is 13.7 Å². The first-order valence-corrected chi connectivity index (χ1v) is 9.40. The fourth-order valence-electron chi connectivity index (χ4n) is 3.17. The lowest BCUT2D eigenvalue weighted by atomic mass is 10.0. The maximum Gasteiger partial charge on any atom is 0.125 e. The van der Waals surface area contributed by atoms with Crippen LogP contribution in [0.15, 0.2) is 72.8 Å². The van der Waals surface area contributed by atoms with Crippen molar-refractivity contribution in [1.82, 2.24) is 0 Å². The predicted octanol–water partition coefficient (Wildman–Crippen LogP) is 4.76. The molecule has 0 aliphatic heterocycles. The number of ether oxygens (including phenoxy) is 2. The highest BCUT2D eigenvalue weighted by molar-refractivity contribution is 5.40. The van der Waals surface area contributed by atoms with E-state index in [1.54, 1.807) is 7.11 Å². The van der Waals surface area contributed by atoms with E-state index in [0.29, 0.717) is 13.2 Å². The maximum absolute atomic E-state index is 6.19. The molecule has 0 bridgehead atoms. The number of aryl methyl sites for hydroxylation is 1. The molecule has 140 valence electrons. The molecule has 0 aliphatic carbocycles. The van der Waals surface area contributed by atoms with Gasteiger partial charge in [-0.05, 0) is 54.3 Å². The quantitative estimate of drug-likeness (QED) is 0.598. The van der Waals surface area contributed by atoms with Gasteiger partial charge in [0, 0.05) is 12.0 Å². The van der Waals surface area contributed by atoms with Crippen molar-refractivity contribution in [3.63, 3.8) is 0 Å². The van der Waals surface area contributed by atoms with Crippen LogP contribution in [-0.2, 0) is 19.4 Å². The summed E-state index contributed by atoms with van der Waals surface area (Å²) in [5.41, 5.74) is 10.4. The normalized spacial score (nSPS) is 10.6. The van der Waals surface area contributed by atoms with E-state index in [1.165, 1.54) is 16.7 Å². The van der Waals surface area contributed by atoms with E-state index < -0.39 is 0 Å². The first-order chi connectivity index (χ1) is 13.3. The number of hydrogen-bond acceptors (Lipinski definition) is 3. The second-order valence-corrected chi connectivity index (χ2v) is 6.60. The van der Waals surface area contributed by atoms with Gasteiger partial charge in [-0.3, -0.25) is 0 Å². The molecule has 0 spiro atoms. The number of para-hydroxylation sites is 1. The van der Waals surface area contributed by atoms with E-state index in [9.17, 15) is 0 Å². The van der Waals surface area contributed by atoms with Crippen molar-refractivity contribution in [2.45, 2.75) is 25.9 Å². The summed E-state index contributed by atoms with van der Waals surface area (Å²) in [5, 5.41) is 0. The zero-order valence-corrected chi connectivity index (χ0v) is 15.9. The minimum Gasteiger partial charge on any atom is -0.496 e. The average Bonchev–Trinajstić information content (AvgIpc) is 2.72. The zero-order valence-electron chi connectivity index (χ0n) is 15.9. The molecule has 3 rings (SSSR count). The second-order valence-electron chi connectivity index (χ2n) is 6.60. The molecule has 0 saturated heterocycles. The lowest BCUT2D eigenvalue weighted by Gasteiger charge is -2.14. The van der Waals surface area contributed by atoms with Gasteiger partial charge in [0.2, 0.25) is 0 Å². The molecular formula is C24H27NO2. The molecule has 2 N–H and O–H groups in total. The van der Waals surface area contributed by atoms with Crippen LogP contribution in [0.2, 0.25) is 0 Å². The van der Waals surface area contributed by atoms with E-state index in [-0.39, 0.29) is 0 Å². The topological polar surface area (TPSA) is 44.5 Å². The fraction of sp³-hybridized carbons (Fsp3) is 0.250. The van der Waals surface area contributed by atoms with Crippen LogP contribution in [0.5, 0.6) is 11.5 Å². The zero-order chi connectivity index (χ0) is 18.9. The van der Waals surface area contributed by atoms with Gasteiger partial charge in [0.1, 0.15) is 18.1 Å². The van der Waals surface area contributed by atoms with Gasteiger partial charge in [-0.25, -0.2) is 0 Å². The lowest BCUT2D eigenvalue weighted by Crippen LogP contribution is -2.04. The molecule has 0 radical (unpaired) electrons. The summed E-state index contributed by atoms with van der Waals surface area (Å²) in [6.45, 7) is 1.18. The Morgan fingerprint density at radius 2 is 1.56 bits per heavy atom. The highest BCUT2D eigenvalue weighted by atomic mass is 16.5. The third-order valence-corrected chi connectivity index (χ3v) is 4.61. The summed E-state index contributed by atoms with van der Waals surface area (Å²) < 4.78 is 11.7. The van der Waals surface area contributed by atoms with Gasteiger partial charge in [-0.1, -0.05) is 54.6 Å². The molecule has 27 heavy (non-hydrogen) atoms. The Morgan fingerprint density at radius 1 is 0.778 bits per heavy atom. The van der Waals surface area contributed by atoms with Gasteiger partial charge < -0.3 is 15.2 Å². The molecule has 3 heteroatoms. The van der Waals surface area contributed by atoms with E-state index in [0.717, 1.165) is 36.3 Å². The Balaban J connectivity index is 1.75. The number of rotatable bonds is 9. The van der Waals surface area contributed by atoms with Crippen LogP contribution < -0.4 is 15.2 Å². The Bertz CT molecular complexity index is 846. The van der Waals surface area contributed by atoms with Crippen molar-refractivity contribution in [1.29, 1.82) is 0 Å². The molecule has 0 heterocycles. The van der Waals surface area contributed by atoms with Crippen molar-refractivity contribution in [2.75, 3.05) is 13.7 Å². The molecule has 0 aliphatic rings. The first-order valence-electron chi connectivity index (χ1n) is 9.40. The first kappa shape index (κ1) is 19.0.